The van der Waals surface area contributed by atoms with Gasteiger partial charge in [-0.2, -0.15) is 0 Å². The summed E-state index contributed by atoms with van der Waals surface area (Å²) in [7, 11) is 0. The van der Waals surface area contributed by atoms with Gasteiger partial charge in [0, 0.05) is 0 Å². The Morgan fingerprint density at radius 2 is 0.810 bits per heavy atom. The van der Waals surface area contributed by atoms with E-state index in [-0.39, 0.29) is 5.56 Å². The summed E-state index contributed by atoms with van der Waals surface area (Å²) in [6.07, 6.45) is 0. The van der Waals surface area contributed by atoms with Crippen LogP contribution in [-0.4, -0.2) is 0 Å². The van der Waals surface area contributed by atoms with Gasteiger partial charge in [0.15, 0.2) is 0 Å². The topological polar surface area (TPSA) is 0 Å². The van der Waals surface area contributed by atoms with E-state index >= 15 is 0 Å². The molecule has 8 aromatic carbocycles. The van der Waals surface area contributed by atoms with Gasteiger partial charge in [0.2, 0.25) is 0 Å². The third-order valence-corrected chi connectivity index (χ3v) is 6.91. The number of hydrogen-bond acceptors (Lipinski definition) is 0. The Balaban J connectivity index is 1.59. The van der Waals surface area contributed by atoms with Crippen LogP contribution >= 0.6 is 0 Å². The van der Waals surface area contributed by atoms with E-state index in [4.69, 9.17) is 19.2 Å². The lowest BCUT2D eigenvalue weighted by Crippen LogP contribution is -1.90. The van der Waals surface area contributed by atoms with Crippen molar-refractivity contribution in [3.63, 3.8) is 0 Å². The molecular weight excluding hydrogens is 504 g/mol. The summed E-state index contributed by atoms with van der Waals surface area (Å²) >= 11 is 0. The van der Waals surface area contributed by atoms with Gasteiger partial charge in [0.1, 0.15) is 0 Å². The van der Waals surface area contributed by atoms with E-state index in [9.17, 15) is 9.60 Å². The molecule has 0 fully saturated rings. The lowest BCUT2D eigenvalue weighted by Gasteiger charge is -2.18. The van der Waals surface area contributed by atoms with Gasteiger partial charge in [-0.1, -0.05) is 157 Å². The Morgan fingerprint density at radius 3 is 1.43 bits per heavy atom. The van der Waals surface area contributed by atoms with Gasteiger partial charge in [-0.3, -0.25) is 0 Å². The predicted molar refractivity (Wildman–Crippen MR) is 181 cm³/mol. The molecule has 0 bridgehead atoms. The summed E-state index contributed by atoms with van der Waals surface area (Å²) in [4.78, 5) is 0. The molecule has 0 aliphatic heterocycles. The molecule has 42 heavy (non-hydrogen) atoms. The molecule has 0 aliphatic carbocycles. The van der Waals surface area contributed by atoms with Crippen molar-refractivity contribution in [2.24, 2.45) is 0 Å². The molecule has 196 valence electrons. The highest BCUT2D eigenvalue weighted by Crippen LogP contribution is 2.43. The molecule has 0 aliphatic rings. The summed E-state index contributed by atoms with van der Waals surface area (Å²) in [5.41, 5.74) is -3.63. The van der Waals surface area contributed by atoms with Crippen LogP contribution in [0.2, 0.25) is 0 Å². The standard InChI is InChI=1S/C42H28/c1-2-12-31(13-3-1)41-37-17-6-8-19-39(37)42(40-20-9-7-18-38(40)41)32-24-21-30(22-25-32)34-15-10-16-35(27-34)36-26-23-29-11-4-5-14-33(29)28-36/h1-28H/i1D,2D,3D,6D,7D,8D,9D,10D,12D,13D,15D,16D,17D,18D,19D,20D,21D,22D,24D,25D,27D. The van der Waals surface area contributed by atoms with Gasteiger partial charge in [-0.25, -0.2) is 0 Å². The van der Waals surface area contributed by atoms with Crippen molar-refractivity contribution in [3.8, 4) is 44.5 Å². The second kappa shape index (κ2) is 10.2. The van der Waals surface area contributed by atoms with Crippen LogP contribution in [0.15, 0.2) is 169 Å². The first-order valence-corrected chi connectivity index (χ1v) is 12.8. The van der Waals surface area contributed by atoms with Crippen molar-refractivity contribution >= 4 is 32.3 Å². The fourth-order valence-electron chi connectivity index (χ4n) is 5.02. The maximum Gasteiger partial charge on any atom is 0.0636 e. The van der Waals surface area contributed by atoms with Gasteiger partial charge in [0.05, 0.1) is 28.8 Å². The van der Waals surface area contributed by atoms with E-state index in [1.54, 1.807) is 30.3 Å². The Labute approximate surface area is 275 Å². The van der Waals surface area contributed by atoms with Crippen molar-refractivity contribution in [1.29, 1.82) is 0 Å². The second-order valence-electron chi connectivity index (χ2n) is 9.31. The van der Waals surface area contributed by atoms with E-state index in [1.165, 1.54) is 0 Å². The molecule has 0 nitrogen and oxygen atoms in total. The molecule has 0 saturated heterocycles. The summed E-state index contributed by atoms with van der Waals surface area (Å²) in [6.45, 7) is 0. The van der Waals surface area contributed by atoms with Crippen molar-refractivity contribution in [1.82, 2.24) is 0 Å². The van der Waals surface area contributed by atoms with Crippen LogP contribution in [-0.2, 0) is 0 Å². The first-order chi connectivity index (χ1) is 29.6. The fourth-order valence-corrected chi connectivity index (χ4v) is 5.02. The molecule has 0 spiro atoms. The Morgan fingerprint density at radius 1 is 0.333 bits per heavy atom. The molecule has 0 unspecified atom stereocenters. The number of rotatable bonds is 4. The second-order valence-corrected chi connectivity index (χ2v) is 9.31. The highest BCUT2D eigenvalue weighted by Gasteiger charge is 2.16. The van der Waals surface area contributed by atoms with E-state index in [0.29, 0.717) is 5.56 Å². The van der Waals surface area contributed by atoms with Crippen LogP contribution in [0, 0.1) is 0 Å². The smallest absolute Gasteiger partial charge is 0.0622 e. The summed E-state index contributed by atoms with van der Waals surface area (Å²) < 4.78 is 187. The summed E-state index contributed by atoms with van der Waals surface area (Å²) in [6, 6.07) is -5.42. The largest absolute Gasteiger partial charge is 0.0636 e. The van der Waals surface area contributed by atoms with E-state index in [1.807, 2.05) is 12.1 Å². The summed E-state index contributed by atoms with van der Waals surface area (Å²) in [5.74, 6) is 0. The van der Waals surface area contributed by atoms with E-state index < -0.39 is 182 Å². The van der Waals surface area contributed by atoms with Crippen molar-refractivity contribution in [2.75, 3.05) is 0 Å². The molecule has 0 N–H and O–H groups in total. The maximum absolute atomic E-state index is 9.45. The van der Waals surface area contributed by atoms with E-state index in [2.05, 4.69) is 0 Å². The van der Waals surface area contributed by atoms with Gasteiger partial charge >= 0.3 is 0 Å². The zero-order valence-corrected chi connectivity index (χ0v) is 21.5. The van der Waals surface area contributed by atoms with Crippen LogP contribution in [0.1, 0.15) is 28.8 Å². The van der Waals surface area contributed by atoms with Gasteiger partial charge in [-0.05, 0) is 88.9 Å². The van der Waals surface area contributed by atoms with Crippen molar-refractivity contribution in [3.05, 3.63) is 169 Å². The highest BCUT2D eigenvalue weighted by atomic mass is 14.2. The Kier molecular flexibility index (Phi) is 2.69. The van der Waals surface area contributed by atoms with Crippen LogP contribution in [0.25, 0.3) is 76.8 Å². The number of fused-ring (bicyclic) bond motifs is 3. The monoisotopic (exact) mass is 553 g/mol. The lowest BCUT2D eigenvalue weighted by atomic mass is 9.85. The van der Waals surface area contributed by atoms with Crippen LogP contribution in [0.5, 0.6) is 0 Å². The summed E-state index contributed by atoms with van der Waals surface area (Å²) in [5, 5.41) is -0.921. The quantitative estimate of drug-likeness (QED) is 0.190. The first kappa shape index (κ1) is 11.1. The third kappa shape index (κ3) is 4.17. The SMILES string of the molecule is [2H]c1c([2H])c([2H])c(-c2c3c([2H])c([2H])c([2H])c([2H])c3c(-c3c([2H])c([2H])c(-c4c([2H])c([2H])c([2H])c(-c5ccc6ccccc6c5)c4[2H])c([2H])c3[2H])c3c([2H])c([2H])c([2H])c([2H])c23)c([2H])c1[2H]. The molecule has 0 radical (unpaired) electrons. The molecule has 0 amide bonds. The van der Waals surface area contributed by atoms with Crippen LogP contribution in [0.3, 0.4) is 0 Å². The van der Waals surface area contributed by atoms with E-state index in [0.717, 1.165) is 10.8 Å². The number of hydrogen-bond donors (Lipinski definition) is 0. The minimum Gasteiger partial charge on any atom is -0.0622 e. The maximum atomic E-state index is 9.45. The minimum absolute atomic E-state index is 0.134. The average Bonchev–Trinajstić information content (AvgIpc) is 3.26. The fraction of sp³-hybridized carbons (Fsp3) is 0. The normalized spacial score (nSPS) is 18.3. The third-order valence-electron chi connectivity index (χ3n) is 6.91. The highest BCUT2D eigenvalue weighted by molar-refractivity contribution is 6.21. The van der Waals surface area contributed by atoms with Crippen LogP contribution < -0.4 is 0 Å². The minimum atomic E-state index is -0.948. The van der Waals surface area contributed by atoms with Gasteiger partial charge in [0.25, 0.3) is 0 Å². The van der Waals surface area contributed by atoms with Gasteiger partial charge in [-0.15, -0.1) is 0 Å². The zero-order valence-electron chi connectivity index (χ0n) is 42.5. The first-order valence-electron chi connectivity index (χ1n) is 23.3. The molecule has 0 atom stereocenters. The Hall–Kier alpha value is -5.46. The van der Waals surface area contributed by atoms with Gasteiger partial charge < -0.3 is 0 Å². The molecule has 0 heteroatoms. The molecule has 0 aromatic heterocycles. The molecule has 8 rings (SSSR count). The van der Waals surface area contributed by atoms with Crippen molar-refractivity contribution < 1.29 is 28.8 Å². The lowest BCUT2D eigenvalue weighted by molar-refractivity contribution is 1.59. The molecule has 0 saturated carbocycles. The van der Waals surface area contributed by atoms with Crippen molar-refractivity contribution in [2.45, 2.75) is 0 Å². The molecule has 0 heterocycles. The predicted octanol–water partition coefficient (Wildman–Crippen LogP) is 11.8. The zero-order chi connectivity index (χ0) is 46.2. The van der Waals surface area contributed by atoms with Crippen LogP contribution in [0.4, 0.5) is 0 Å². The number of benzene rings is 8. The average molecular weight is 554 g/mol. The molecular formula is C42H28. The Bertz CT molecular complexity index is 3270. The molecule has 8 aromatic rings.